The van der Waals surface area contributed by atoms with Crippen molar-refractivity contribution >= 4 is 15.9 Å². The zero-order valence-electron chi connectivity index (χ0n) is 10.9. The second-order valence-electron chi connectivity index (χ2n) is 4.32. The summed E-state index contributed by atoms with van der Waals surface area (Å²) in [5, 5.41) is 13.5. The van der Waals surface area contributed by atoms with E-state index in [0.29, 0.717) is 0 Å². The van der Waals surface area contributed by atoms with Crippen molar-refractivity contribution in [3.8, 4) is 0 Å². The van der Waals surface area contributed by atoms with Crippen molar-refractivity contribution in [2.75, 3.05) is 19.7 Å². The lowest BCUT2D eigenvalue weighted by atomic mass is 10.3. The number of nitrogens with zero attached hydrogens (tertiary/aromatic N) is 3. The normalized spacial score (nSPS) is 11.4. The van der Waals surface area contributed by atoms with E-state index < -0.39 is 0 Å². The molecule has 0 bridgehead atoms. The summed E-state index contributed by atoms with van der Waals surface area (Å²) >= 11 is 3.58. The number of aliphatic hydroxyl groups is 1. The van der Waals surface area contributed by atoms with Gasteiger partial charge in [0.2, 0.25) is 0 Å². The zero-order chi connectivity index (χ0) is 12.8. The lowest BCUT2D eigenvalue weighted by Crippen LogP contribution is -2.28. The summed E-state index contributed by atoms with van der Waals surface area (Å²) in [4.78, 5) is 2.27. The first-order valence-corrected chi connectivity index (χ1v) is 6.90. The van der Waals surface area contributed by atoms with Crippen LogP contribution in [0.3, 0.4) is 0 Å². The Labute approximate surface area is 112 Å². The molecule has 1 aromatic rings. The highest BCUT2D eigenvalue weighted by molar-refractivity contribution is 9.10. The first-order valence-electron chi connectivity index (χ1n) is 6.11. The molecule has 98 valence electrons. The number of hydrogen-bond donors (Lipinski definition) is 1. The van der Waals surface area contributed by atoms with E-state index in [1.807, 2.05) is 18.7 Å². The molecule has 5 heteroatoms. The predicted octanol–water partition coefficient (Wildman–Crippen LogP) is 2.09. The third-order valence-corrected chi connectivity index (χ3v) is 3.91. The summed E-state index contributed by atoms with van der Waals surface area (Å²) in [6, 6.07) is 0. The third kappa shape index (κ3) is 4.08. The Bertz CT molecular complexity index is 352. The van der Waals surface area contributed by atoms with E-state index in [1.54, 1.807) is 0 Å². The molecule has 0 spiro atoms. The molecular formula is C12H22BrN3O. The molecule has 0 saturated carbocycles. The minimum atomic E-state index is 0.207. The SMILES string of the molecule is CCCCN(CCO)Cc1c(Br)c(C)nn1C. The molecule has 1 rings (SSSR count). The molecule has 0 aliphatic heterocycles. The second-order valence-corrected chi connectivity index (χ2v) is 5.12. The van der Waals surface area contributed by atoms with Gasteiger partial charge >= 0.3 is 0 Å². The highest BCUT2D eigenvalue weighted by Crippen LogP contribution is 2.21. The van der Waals surface area contributed by atoms with Crippen LogP contribution in [0.2, 0.25) is 0 Å². The fourth-order valence-electron chi connectivity index (χ4n) is 1.86. The van der Waals surface area contributed by atoms with Crippen LogP contribution >= 0.6 is 15.9 Å². The van der Waals surface area contributed by atoms with Gasteiger partial charge in [-0.25, -0.2) is 0 Å². The quantitative estimate of drug-likeness (QED) is 0.838. The van der Waals surface area contributed by atoms with Gasteiger partial charge in [0.15, 0.2) is 0 Å². The summed E-state index contributed by atoms with van der Waals surface area (Å²) in [5.74, 6) is 0. The summed E-state index contributed by atoms with van der Waals surface area (Å²) in [7, 11) is 1.96. The fourth-order valence-corrected chi connectivity index (χ4v) is 2.32. The number of aryl methyl sites for hydroxylation is 2. The average Bonchev–Trinajstić information content (AvgIpc) is 2.53. The first kappa shape index (κ1) is 14.7. The molecule has 0 aromatic carbocycles. The molecule has 0 unspecified atom stereocenters. The lowest BCUT2D eigenvalue weighted by molar-refractivity contribution is 0.185. The zero-order valence-corrected chi connectivity index (χ0v) is 12.5. The van der Waals surface area contributed by atoms with E-state index in [0.717, 1.165) is 36.2 Å². The monoisotopic (exact) mass is 303 g/mol. The van der Waals surface area contributed by atoms with E-state index in [-0.39, 0.29) is 6.61 Å². The maximum atomic E-state index is 9.08. The maximum Gasteiger partial charge on any atom is 0.0739 e. The minimum absolute atomic E-state index is 0.207. The van der Waals surface area contributed by atoms with Crippen LogP contribution in [0, 0.1) is 6.92 Å². The molecule has 1 heterocycles. The predicted molar refractivity (Wildman–Crippen MR) is 72.9 cm³/mol. The average molecular weight is 304 g/mol. The molecule has 0 fully saturated rings. The molecular weight excluding hydrogens is 282 g/mol. The number of unbranched alkanes of at least 4 members (excludes halogenated alkanes) is 1. The van der Waals surface area contributed by atoms with Gasteiger partial charge in [-0.3, -0.25) is 9.58 Å². The third-order valence-electron chi connectivity index (χ3n) is 2.88. The van der Waals surface area contributed by atoms with Gasteiger partial charge in [-0.1, -0.05) is 13.3 Å². The van der Waals surface area contributed by atoms with Gasteiger partial charge in [0.1, 0.15) is 0 Å². The van der Waals surface area contributed by atoms with Gasteiger partial charge in [0.05, 0.1) is 22.5 Å². The maximum absolute atomic E-state index is 9.08. The highest BCUT2D eigenvalue weighted by Gasteiger charge is 2.14. The fraction of sp³-hybridized carbons (Fsp3) is 0.750. The topological polar surface area (TPSA) is 41.3 Å². The highest BCUT2D eigenvalue weighted by atomic mass is 79.9. The summed E-state index contributed by atoms with van der Waals surface area (Å²) in [5.41, 5.74) is 2.19. The van der Waals surface area contributed by atoms with E-state index >= 15 is 0 Å². The molecule has 1 aromatic heterocycles. The van der Waals surface area contributed by atoms with Crippen molar-refractivity contribution in [1.29, 1.82) is 0 Å². The number of aromatic nitrogens is 2. The van der Waals surface area contributed by atoms with Crippen LogP contribution in [0.4, 0.5) is 0 Å². The molecule has 0 atom stereocenters. The number of rotatable bonds is 7. The summed E-state index contributed by atoms with van der Waals surface area (Å²) in [6.07, 6.45) is 2.34. The molecule has 0 amide bonds. The van der Waals surface area contributed by atoms with E-state index in [9.17, 15) is 0 Å². The molecule has 4 nitrogen and oxygen atoms in total. The molecule has 17 heavy (non-hydrogen) atoms. The Morgan fingerprint density at radius 1 is 1.41 bits per heavy atom. The standard InChI is InChI=1S/C12H22BrN3O/c1-4-5-6-16(7-8-17)9-11-12(13)10(2)14-15(11)3/h17H,4-9H2,1-3H3. The Morgan fingerprint density at radius 3 is 2.59 bits per heavy atom. The van der Waals surface area contributed by atoms with Crippen LogP contribution < -0.4 is 0 Å². The lowest BCUT2D eigenvalue weighted by Gasteiger charge is -2.21. The van der Waals surface area contributed by atoms with E-state index in [1.165, 1.54) is 12.1 Å². The minimum Gasteiger partial charge on any atom is -0.395 e. The Morgan fingerprint density at radius 2 is 2.12 bits per heavy atom. The number of aliphatic hydroxyl groups excluding tert-OH is 1. The van der Waals surface area contributed by atoms with Crippen LogP contribution in [-0.4, -0.2) is 39.5 Å². The van der Waals surface area contributed by atoms with Gasteiger partial charge in [-0.05, 0) is 35.8 Å². The largest absolute Gasteiger partial charge is 0.395 e. The first-order chi connectivity index (χ1) is 8.10. The van der Waals surface area contributed by atoms with Crippen LogP contribution in [0.25, 0.3) is 0 Å². The summed E-state index contributed by atoms with van der Waals surface area (Å²) < 4.78 is 3.00. The smallest absolute Gasteiger partial charge is 0.0739 e. The Balaban J connectivity index is 2.70. The number of halogens is 1. The van der Waals surface area contributed by atoms with Crippen molar-refractivity contribution in [3.05, 3.63) is 15.9 Å². The molecule has 0 saturated heterocycles. The molecule has 1 N–H and O–H groups in total. The summed E-state index contributed by atoms with van der Waals surface area (Å²) in [6.45, 7) is 6.96. The molecule has 0 aliphatic rings. The van der Waals surface area contributed by atoms with Crippen molar-refractivity contribution in [2.45, 2.75) is 33.2 Å². The van der Waals surface area contributed by atoms with Crippen molar-refractivity contribution in [1.82, 2.24) is 14.7 Å². The van der Waals surface area contributed by atoms with Gasteiger partial charge in [0.25, 0.3) is 0 Å². The van der Waals surface area contributed by atoms with Crippen molar-refractivity contribution < 1.29 is 5.11 Å². The van der Waals surface area contributed by atoms with Gasteiger partial charge in [0, 0.05) is 20.1 Å². The van der Waals surface area contributed by atoms with Gasteiger partial charge in [-0.15, -0.1) is 0 Å². The van der Waals surface area contributed by atoms with Crippen LogP contribution in [-0.2, 0) is 13.6 Å². The Kier molecular flexibility index (Phi) is 6.16. The number of hydrogen-bond acceptors (Lipinski definition) is 3. The van der Waals surface area contributed by atoms with E-state index in [2.05, 4.69) is 32.9 Å². The van der Waals surface area contributed by atoms with Crippen LogP contribution in [0.5, 0.6) is 0 Å². The molecule has 0 radical (unpaired) electrons. The van der Waals surface area contributed by atoms with Crippen molar-refractivity contribution in [2.24, 2.45) is 7.05 Å². The second kappa shape index (κ2) is 7.13. The Hall–Kier alpha value is -0.390. The van der Waals surface area contributed by atoms with Crippen LogP contribution in [0.15, 0.2) is 4.47 Å². The van der Waals surface area contributed by atoms with E-state index in [4.69, 9.17) is 5.11 Å². The van der Waals surface area contributed by atoms with Crippen molar-refractivity contribution in [3.63, 3.8) is 0 Å². The molecule has 0 aliphatic carbocycles. The van der Waals surface area contributed by atoms with Gasteiger partial charge < -0.3 is 5.11 Å². The van der Waals surface area contributed by atoms with Crippen LogP contribution in [0.1, 0.15) is 31.2 Å². The van der Waals surface area contributed by atoms with Gasteiger partial charge in [-0.2, -0.15) is 5.10 Å².